The molecule has 0 bridgehead atoms. The highest BCUT2D eigenvalue weighted by Crippen LogP contribution is 2.23. The fourth-order valence-corrected chi connectivity index (χ4v) is 2.22. The number of hydrogen-bond donors (Lipinski definition) is 0. The van der Waals surface area contributed by atoms with Gasteiger partial charge in [0.2, 0.25) is 0 Å². The molecule has 1 aliphatic rings. The molecule has 1 heterocycles. The van der Waals surface area contributed by atoms with Crippen molar-refractivity contribution in [1.29, 1.82) is 0 Å². The van der Waals surface area contributed by atoms with E-state index in [4.69, 9.17) is 4.74 Å². The van der Waals surface area contributed by atoms with Crippen LogP contribution in [0.2, 0.25) is 0 Å². The van der Waals surface area contributed by atoms with Crippen molar-refractivity contribution in [1.82, 2.24) is 4.90 Å². The van der Waals surface area contributed by atoms with Crippen molar-refractivity contribution >= 4 is 5.97 Å². The molecule has 0 amide bonds. The van der Waals surface area contributed by atoms with Crippen LogP contribution in [0, 0.1) is 0 Å². The topological polar surface area (TPSA) is 29.5 Å². The second-order valence-corrected chi connectivity index (χ2v) is 4.29. The first-order valence-corrected chi connectivity index (χ1v) is 5.70. The van der Waals surface area contributed by atoms with Crippen molar-refractivity contribution < 1.29 is 13.9 Å². The zero-order valence-electron chi connectivity index (χ0n) is 9.80. The van der Waals surface area contributed by atoms with E-state index in [0.717, 1.165) is 5.56 Å². The van der Waals surface area contributed by atoms with E-state index in [0.29, 0.717) is 13.1 Å². The Morgan fingerprint density at radius 1 is 1.47 bits per heavy atom. The van der Waals surface area contributed by atoms with E-state index in [9.17, 15) is 9.18 Å². The third-order valence-corrected chi connectivity index (χ3v) is 3.05. The molecule has 17 heavy (non-hydrogen) atoms. The summed E-state index contributed by atoms with van der Waals surface area (Å²) in [6, 6.07) is 9.30. The largest absolute Gasteiger partial charge is 0.468 e. The molecule has 1 fully saturated rings. The van der Waals surface area contributed by atoms with Gasteiger partial charge >= 0.3 is 5.97 Å². The summed E-state index contributed by atoms with van der Waals surface area (Å²) in [5, 5.41) is 0. The van der Waals surface area contributed by atoms with Gasteiger partial charge in [0, 0.05) is 19.5 Å². The maximum Gasteiger partial charge on any atom is 0.323 e. The third-order valence-electron chi connectivity index (χ3n) is 3.05. The fourth-order valence-electron chi connectivity index (χ4n) is 2.22. The first-order chi connectivity index (χ1) is 8.20. The number of benzene rings is 1. The van der Waals surface area contributed by atoms with Gasteiger partial charge in [0.05, 0.1) is 7.11 Å². The Labute approximate surface area is 100 Å². The summed E-state index contributed by atoms with van der Waals surface area (Å²) in [6.07, 6.45) is -0.706. The molecule has 4 heteroatoms. The highest BCUT2D eigenvalue weighted by Gasteiger charge is 2.37. The fraction of sp³-hybridized carbons (Fsp3) is 0.462. The Morgan fingerprint density at radius 2 is 2.18 bits per heavy atom. The SMILES string of the molecule is COC(=O)C1CC(F)CN1Cc1ccccc1. The molecule has 0 radical (unpaired) electrons. The molecule has 3 nitrogen and oxygen atoms in total. The van der Waals surface area contributed by atoms with Crippen molar-refractivity contribution in [2.45, 2.75) is 25.2 Å². The normalized spacial score (nSPS) is 24.8. The number of rotatable bonds is 3. The molecule has 1 aliphatic heterocycles. The number of methoxy groups -OCH3 is 1. The standard InChI is InChI=1S/C13H16FNO2/c1-17-13(16)12-7-11(14)9-15(12)8-10-5-3-2-4-6-10/h2-6,11-12H,7-9H2,1H3. The molecule has 0 spiro atoms. The van der Waals surface area contributed by atoms with Crippen LogP contribution in [0.1, 0.15) is 12.0 Å². The molecule has 1 aromatic carbocycles. The predicted octanol–water partition coefficient (Wildman–Crippen LogP) is 1.77. The Balaban J connectivity index is 2.06. The number of alkyl halides is 1. The van der Waals surface area contributed by atoms with Gasteiger partial charge in [-0.2, -0.15) is 0 Å². The van der Waals surface area contributed by atoms with Gasteiger partial charge in [-0.25, -0.2) is 4.39 Å². The van der Waals surface area contributed by atoms with Crippen molar-refractivity contribution in [3.05, 3.63) is 35.9 Å². The van der Waals surface area contributed by atoms with Gasteiger partial charge in [0.15, 0.2) is 0 Å². The van der Waals surface area contributed by atoms with Crippen LogP contribution in [0.3, 0.4) is 0 Å². The maximum atomic E-state index is 13.4. The Hall–Kier alpha value is -1.42. The minimum Gasteiger partial charge on any atom is -0.468 e. The molecular weight excluding hydrogens is 221 g/mol. The lowest BCUT2D eigenvalue weighted by Gasteiger charge is -2.21. The summed E-state index contributed by atoms with van der Waals surface area (Å²) in [5.41, 5.74) is 1.08. The van der Waals surface area contributed by atoms with Crippen LogP contribution < -0.4 is 0 Å². The lowest BCUT2D eigenvalue weighted by Crippen LogP contribution is -2.36. The van der Waals surface area contributed by atoms with E-state index >= 15 is 0 Å². The average Bonchev–Trinajstić information content (AvgIpc) is 2.70. The number of carbonyl (C=O) groups excluding carboxylic acids is 1. The van der Waals surface area contributed by atoms with Crippen LogP contribution in [-0.2, 0) is 16.1 Å². The van der Waals surface area contributed by atoms with Gasteiger partial charge in [0.25, 0.3) is 0 Å². The van der Waals surface area contributed by atoms with Gasteiger partial charge < -0.3 is 4.74 Å². The number of likely N-dealkylation sites (tertiary alicyclic amines) is 1. The maximum absolute atomic E-state index is 13.4. The smallest absolute Gasteiger partial charge is 0.323 e. The molecular formula is C13H16FNO2. The second-order valence-electron chi connectivity index (χ2n) is 4.29. The van der Waals surface area contributed by atoms with Crippen LogP contribution in [0.25, 0.3) is 0 Å². The molecule has 0 saturated carbocycles. The Morgan fingerprint density at radius 3 is 2.82 bits per heavy atom. The van der Waals surface area contributed by atoms with Crippen molar-refractivity contribution in [2.24, 2.45) is 0 Å². The number of halogens is 1. The lowest BCUT2D eigenvalue weighted by molar-refractivity contribution is -0.146. The molecule has 2 atom stereocenters. The van der Waals surface area contributed by atoms with Crippen molar-refractivity contribution in [3.8, 4) is 0 Å². The van der Waals surface area contributed by atoms with Gasteiger partial charge in [-0.05, 0) is 5.56 Å². The van der Waals surface area contributed by atoms with E-state index in [1.165, 1.54) is 7.11 Å². The van der Waals surface area contributed by atoms with Gasteiger partial charge in [0.1, 0.15) is 12.2 Å². The number of hydrogen-bond acceptors (Lipinski definition) is 3. The van der Waals surface area contributed by atoms with Crippen molar-refractivity contribution in [3.63, 3.8) is 0 Å². The second kappa shape index (κ2) is 5.27. The molecule has 0 N–H and O–H groups in total. The Bertz CT molecular complexity index is 382. The molecule has 1 saturated heterocycles. The molecule has 0 aliphatic carbocycles. The van der Waals surface area contributed by atoms with Crippen molar-refractivity contribution in [2.75, 3.05) is 13.7 Å². The summed E-state index contributed by atoms with van der Waals surface area (Å²) < 4.78 is 18.1. The first-order valence-electron chi connectivity index (χ1n) is 5.70. The van der Waals surface area contributed by atoms with Gasteiger partial charge in [-0.15, -0.1) is 0 Å². The monoisotopic (exact) mass is 237 g/mol. The minimum absolute atomic E-state index is 0.236. The van der Waals surface area contributed by atoms with Crippen LogP contribution in [0.5, 0.6) is 0 Å². The van der Waals surface area contributed by atoms with E-state index in [-0.39, 0.29) is 12.4 Å². The Kier molecular flexibility index (Phi) is 3.74. The number of carbonyl (C=O) groups is 1. The van der Waals surface area contributed by atoms with E-state index in [1.54, 1.807) is 0 Å². The van der Waals surface area contributed by atoms with E-state index in [2.05, 4.69) is 0 Å². The summed E-state index contributed by atoms with van der Waals surface area (Å²) in [7, 11) is 1.34. The van der Waals surface area contributed by atoms with E-state index in [1.807, 2.05) is 35.2 Å². The van der Waals surface area contributed by atoms with Crippen LogP contribution in [0.4, 0.5) is 4.39 Å². The number of esters is 1. The third kappa shape index (κ3) is 2.82. The van der Waals surface area contributed by atoms with Gasteiger partial charge in [-0.3, -0.25) is 9.69 Å². The quantitative estimate of drug-likeness (QED) is 0.750. The highest BCUT2D eigenvalue weighted by atomic mass is 19.1. The molecule has 2 rings (SSSR count). The molecule has 0 aromatic heterocycles. The molecule has 92 valence electrons. The summed E-state index contributed by atoms with van der Waals surface area (Å²) >= 11 is 0. The summed E-state index contributed by atoms with van der Waals surface area (Å²) in [5.74, 6) is -0.346. The summed E-state index contributed by atoms with van der Waals surface area (Å²) in [4.78, 5) is 13.4. The minimum atomic E-state index is -0.942. The lowest BCUT2D eigenvalue weighted by atomic mass is 10.2. The van der Waals surface area contributed by atoms with Crippen LogP contribution in [-0.4, -0.2) is 36.7 Å². The highest BCUT2D eigenvalue weighted by molar-refractivity contribution is 5.76. The van der Waals surface area contributed by atoms with Gasteiger partial charge in [-0.1, -0.05) is 30.3 Å². The number of nitrogens with zero attached hydrogens (tertiary/aromatic N) is 1. The summed E-state index contributed by atoms with van der Waals surface area (Å²) in [6.45, 7) is 0.885. The zero-order valence-corrected chi connectivity index (χ0v) is 9.80. The number of ether oxygens (including phenoxy) is 1. The first kappa shape index (κ1) is 12.0. The van der Waals surface area contributed by atoms with Crippen LogP contribution in [0.15, 0.2) is 30.3 Å². The molecule has 2 unspecified atom stereocenters. The zero-order chi connectivity index (χ0) is 12.3. The average molecular weight is 237 g/mol. The molecule has 1 aromatic rings. The van der Waals surface area contributed by atoms with E-state index < -0.39 is 12.2 Å². The predicted molar refractivity (Wildman–Crippen MR) is 62.2 cm³/mol. The van der Waals surface area contributed by atoms with Crippen LogP contribution >= 0.6 is 0 Å².